The van der Waals surface area contributed by atoms with Crippen LogP contribution in [0.1, 0.15) is 30.2 Å². The number of carbonyl (C=O) groups excluding carboxylic acids is 1. The Hall–Kier alpha value is -2.67. The SMILES string of the molecule is C[C@@H]1[C@@H](c2ccco2)[C@H]([N+](=O)[O-])[C@@H](c2ccccc2)N(C=O)[C@H]1O. The van der Waals surface area contributed by atoms with Gasteiger partial charge in [0.25, 0.3) is 0 Å². The molecular weight excluding hydrogens is 312 g/mol. The zero-order valence-corrected chi connectivity index (χ0v) is 13.1. The van der Waals surface area contributed by atoms with Crippen LogP contribution in [-0.4, -0.2) is 33.6 Å². The summed E-state index contributed by atoms with van der Waals surface area (Å²) >= 11 is 0. The number of carbonyl (C=O) groups is 1. The number of nitro groups is 1. The average molecular weight is 330 g/mol. The molecule has 24 heavy (non-hydrogen) atoms. The van der Waals surface area contributed by atoms with Crippen LogP contribution in [0.15, 0.2) is 53.1 Å². The minimum absolute atomic E-state index is 0.385. The van der Waals surface area contributed by atoms with Gasteiger partial charge in [0, 0.05) is 10.8 Å². The van der Waals surface area contributed by atoms with Gasteiger partial charge in [0.2, 0.25) is 12.5 Å². The van der Waals surface area contributed by atoms with E-state index in [2.05, 4.69) is 0 Å². The van der Waals surface area contributed by atoms with Crippen molar-refractivity contribution in [2.75, 3.05) is 0 Å². The van der Waals surface area contributed by atoms with Gasteiger partial charge in [-0.25, -0.2) is 0 Å². The Morgan fingerprint density at radius 3 is 2.50 bits per heavy atom. The van der Waals surface area contributed by atoms with Gasteiger partial charge in [0.05, 0.1) is 12.2 Å². The van der Waals surface area contributed by atoms with Crippen molar-refractivity contribution in [2.24, 2.45) is 5.92 Å². The van der Waals surface area contributed by atoms with Gasteiger partial charge in [-0.1, -0.05) is 37.3 Å². The van der Waals surface area contributed by atoms with Gasteiger partial charge in [-0.2, -0.15) is 0 Å². The first kappa shape index (κ1) is 16.2. The Kier molecular flexibility index (Phi) is 4.35. The monoisotopic (exact) mass is 330 g/mol. The molecule has 0 bridgehead atoms. The first-order valence-corrected chi connectivity index (χ1v) is 7.69. The van der Waals surface area contributed by atoms with Crippen molar-refractivity contribution in [3.8, 4) is 0 Å². The number of rotatable bonds is 4. The third-order valence-electron chi connectivity index (χ3n) is 4.73. The number of likely N-dealkylation sites (tertiary alicyclic amines) is 1. The third kappa shape index (κ3) is 2.56. The van der Waals surface area contributed by atoms with E-state index in [0.29, 0.717) is 17.7 Å². The van der Waals surface area contributed by atoms with Crippen molar-refractivity contribution in [3.05, 3.63) is 70.2 Å². The second kappa shape index (κ2) is 6.45. The molecule has 0 unspecified atom stereocenters. The molecule has 1 aromatic carbocycles. The highest BCUT2D eigenvalue weighted by Gasteiger charge is 2.55. The molecule has 2 aromatic rings. The molecule has 3 rings (SSSR count). The summed E-state index contributed by atoms with van der Waals surface area (Å²) in [4.78, 5) is 24.2. The van der Waals surface area contributed by atoms with Crippen LogP contribution in [0.4, 0.5) is 0 Å². The van der Waals surface area contributed by atoms with E-state index in [-0.39, 0.29) is 4.92 Å². The molecule has 0 radical (unpaired) electrons. The maximum Gasteiger partial charge on any atom is 0.247 e. The molecule has 7 nitrogen and oxygen atoms in total. The molecule has 0 spiro atoms. The Morgan fingerprint density at radius 2 is 1.96 bits per heavy atom. The Bertz CT molecular complexity index is 703. The van der Waals surface area contributed by atoms with Crippen LogP contribution in [-0.2, 0) is 4.79 Å². The lowest BCUT2D eigenvalue weighted by Crippen LogP contribution is -2.57. The van der Waals surface area contributed by atoms with Gasteiger partial charge in [-0.3, -0.25) is 14.9 Å². The van der Waals surface area contributed by atoms with Crippen LogP contribution in [0.2, 0.25) is 0 Å². The van der Waals surface area contributed by atoms with Crippen LogP contribution >= 0.6 is 0 Å². The van der Waals surface area contributed by atoms with E-state index in [4.69, 9.17) is 4.42 Å². The number of nitrogens with zero attached hydrogens (tertiary/aromatic N) is 2. The van der Waals surface area contributed by atoms with Crippen molar-refractivity contribution in [3.63, 3.8) is 0 Å². The third-order valence-corrected chi connectivity index (χ3v) is 4.73. The van der Waals surface area contributed by atoms with E-state index in [9.17, 15) is 20.0 Å². The number of piperidine rings is 1. The van der Waals surface area contributed by atoms with E-state index in [1.54, 1.807) is 49.4 Å². The average Bonchev–Trinajstić information content (AvgIpc) is 3.11. The highest BCUT2D eigenvalue weighted by Crippen LogP contribution is 2.45. The fraction of sp³-hybridized carbons (Fsp3) is 0.353. The molecule has 1 fully saturated rings. The topological polar surface area (TPSA) is 96.8 Å². The van der Waals surface area contributed by atoms with Crippen LogP contribution in [0.3, 0.4) is 0 Å². The van der Waals surface area contributed by atoms with E-state index in [0.717, 1.165) is 4.90 Å². The summed E-state index contributed by atoms with van der Waals surface area (Å²) in [5, 5.41) is 22.5. The number of furan rings is 1. The van der Waals surface area contributed by atoms with Gasteiger partial charge in [-0.05, 0) is 17.7 Å². The molecule has 1 aromatic heterocycles. The predicted molar refractivity (Wildman–Crippen MR) is 84.5 cm³/mol. The zero-order valence-electron chi connectivity index (χ0n) is 13.1. The molecule has 0 saturated carbocycles. The summed E-state index contributed by atoms with van der Waals surface area (Å²) in [5.41, 5.74) is 0.605. The lowest BCUT2D eigenvalue weighted by Gasteiger charge is -2.45. The van der Waals surface area contributed by atoms with Gasteiger partial charge in [-0.15, -0.1) is 0 Å². The molecule has 1 saturated heterocycles. The minimum Gasteiger partial charge on any atom is -0.469 e. The molecular formula is C17H18N2O5. The van der Waals surface area contributed by atoms with Gasteiger partial charge in [0.15, 0.2) is 0 Å². The molecule has 1 amide bonds. The van der Waals surface area contributed by atoms with Gasteiger partial charge in [0.1, 0.15) is 18.0 Å². The van der Waals surface area contributed by atoms with Crippen LogP contribution < -0.4 is 0 Å². The summed E-state index contributed by atoms with van der Waals surface area (Å²) < 4.78 is 5.40. The van der Waals surface area contributed by atoms with Gasteiger partial charge < -0.3 is 14.4 Å². The lowest BCUT2D eigenvalue weighted by molar-refractivity contribution is -0.544. The Labute approximate surface area is 138 Å². The summed E-state index contributed by atoms with van der Waals surface area (Å²) in [7, 11) is 0. The summed E-state index contributed by atoms with van der Waals surface area (Å²) in [6.45, 7) is 1.69. The second-order valence-corrected chi connectivity index (χ2v) is 6.00. The lowest BCUT2D eigenvalue weighted by atomic mass is 9.74. The molecule has 1 aliphatic rings. The molecule has 0 aliphatic carbocycles. The van der Waals surface area contributed by atoms with Crippen molar-refractivity contribution in [2.45, 2.75) is 31.2 Å². The first-order chi connectivity index (χ1) is 11.6. The Morgan fingerprint density at radius 1 is 1.25 bits per heavy atom. The molecule has 1 N–H and O–H groups in total. The standard InChI is InChI=1S/C17H18N2O5/c1-11-14(13-8-5-9-24-13)16(19(22)23)15(18(10-20)17(11)21)12-6-3-2-4-7-12/h2-11,14-17,21H,1H3/t11-,14+,15-,16+,17+/m1/s1. The largest absolute Gasteiger partial charge is 0.469 e. The summed E-state index contributed by atoms with van der Waals surface area (Å²) in [5.74, 6) is -0.752. The van der Waals surface area contributed by atoms with Crippen molar-refractivity contribution in [1.82, 2.24) is 4.90 Å². The van der Waals surface area contributed by atoms with Crippen molar-refractivity contribution < 1.29 is 19.2 Å². The number of aliphatic hydroxyl groups excluding tert-OH is 1. The molecule has 7 heteroatoms. The minimum atomic E-state index is -1.14. The zero-order chi connectivity index (χ0) is 17.3. The smallest absolute Gasteiger partial charge is 0.247 e. The molecule has 126 valence electrons. The quantitative estimate of drug-likeness (QED) is 0.526. The number of hydrogen-bond acceptors (Lipinski definition) is 5. The second-order valence-electron chi connectivity index (χ2n) is 6.00. The number of benzene rings is 1. The highest BCUT2D eigenvalue weighted by molar-refractivity contribution is 5.50. The number of amides is 1. The number of hydrogen-bond donors (Lipinski definition) is 1. The van der Waals surface area contributed by atoms with Crippen LogP contribution in [0.25, 0.3) is 0 Å². The maximum atomic E-state index is 11.9. The van der Waals surface area contributed by atoms with E-state index in [1.165, 1.54) is 6.26 Å². The molecule has 2 heterocycles. The van der Waals surface area contributed by atoms with Crippen LogP contribution in [0, 0.1) is 16.0 Å². The highest BCUT2D eigenvalue weighted by atomic mass is 16.6. The number of aliphatic hydroxyl groups is 1. The maximum absolute atomic E-state index is 11.9. The first-order valence-electron chi connectivity index (χ1n) is 7.69. The van der Waals surface area contributed by atoms with Crippen molar-refractivity contribution >= 4 is 6.41 Å². The van der Waals surface area contributed by atoms with Crippen LogP contribution in [0.5, 0.6) is 0 Å². The fourth-order valence-corrected chi connectivity index (χ4v) is 3.61. The molecule has 5 atom stereocenters. The summed E-state index contributed by atoms with van der Waals surface area (Å²) in [6, 6.07) is 10.1. The predicted octanol–water partition coefficient (Wildman–Crippen LogP) is 2.18. The molecule has 1 aliphatic heterocycles. The normalized spacial score (nSPS) is 30.1. The summed E-state index contributed by atoms with van der Waals surface area (Å²) in [6.07, 6.45) is 0.793. The van der Waals surface area contributed by atoms with E-state index < -0.39 is 30.1 Å². The van der Waals surface area contributed by atoms with E-state index >= 15 is 0 Å². The fourth-order valence-electron chi connectivity index (χ4n) is 3.61. The van der Waals surface area contributed by atoms with Crippen molar-refractivity contribution in [1.29, 1.82) is 0 Å². The van der Waals surface area contributed by atoms with E-state index in [1.807, 2.05) is 0 Å². The van der Waals surface area contributed by atoms with Gasteiger partial charge >= 0.3 is 0 Å². The Balaban J connectivity index is 2.15.